The van der Waals surface area contributed by atoms with Gasteiger partial charge in [-0.1, -0.05) is 34.1 Å². The van der Waals surface area contributed by atoms with Gasteiger partial charge in [0.2, 0.25) is 5.91 Å². The Balaban J connectivity index is 1.92. The molecular formula is C15H18BrNO2S. The van der Waals surface area contributed by atoms with Crippen molar-refractivity contribution < 1.29 is 9.53 Å². The van der Waals surface area contributed by atoms with Crippen molar-refractivity contribution in [2.75, 3.05) is 31.2 Å². The Hall–Kier alpha value is -0.780. The van der Waals surface area contributed by atoms with Crippen molar-refractivity contribution in [2.45, 2.75) is 6.10 Å². The van der Waals surface area contributed by atoms with Crippen LogP contribution in [-0.4, -0.2) is 42.0 Å². The highest BCUT2D eigenvalue weighted by Crippen LogP contribution is 2.24. The first-order chi connectivity index (χ1) is 9.70. The quantitative estimate of drug-likeness (QED) is 0.599. The van der Waals surface area contributed by atoms with Crippen LogP contribution in [0.1, 0.15) is 11.7 Å². The van der Waals surface area contributed by atoms with E-state index in [0.717, 1.165) is 15.8 Å². The third-order valence-electron chi connectivity index (χ3n) is 3.12. The molecule has 1 aromatic rings. The van der Waals surface area contributed by atoms with Crippen LogP contribution in [0.25, 0.3) is 0 Å². The highest BCUT2D eigenvalue weighted by molar-refractivity contribution is 9.10. The van der Waals surface area contributed by atoms with E-state index in [1.807, 2.05) is 35.2 Å². The fourth-order valence-electron chi connectivity index (χ4n) is 2.08. The van der Waals surface area contributed by atoms with Crippen molar-refractivity contribution in [3.05, 3.63) is 47.0 Å². The maximum Gasteiger partial charge on any atom is 0.232 e. The van der Waals surface area contributed by atoms with Gasteiger partial charge in [0.05, 0.1) is 18.9 Å². The number of morpholine rings is 1. The normalized spacial score (nSPS) is 18.9. The lowest BCUT2D eigenvalue weighted by molar-refractivity contribution is -0.136. The second-order valence-electron chi connectivity index (χ2n) is 4.55. The van der Waals surface area contributed by atoms with Crippen molar-refractivity contribution in [3.63, 3.8) is 0 Å². The molecule has 1 saturated heterocycles. The predicted molar refractivity (Wildman–Crippen MR) is 86.9 cm³/mol. The van der Waals surface area contributed by atoms with Gasteiger partial charge in [-0.25, -0.2) is 0 Å². The molecule has 2 rings (SSSR count). The predicted octanol–water partition coefficient (Wildman–Crippen LogP) is 3.27. The van der Waals surface area contributed by atoms with Gasteiger partial charge in [0.1, 0.15) is 6.10 Å². The lowest BCUT2D eigenvalue weighted by Gasteiger charge is -2.33. The van der Waals surface area contributed by atoms with E-state index in [2.05, 4.69) is 22.5 Å². The number of hydrogen-bond acceptors (Lipinski definition) is 3. The summed E-state index contributed by atoms with van der Waals surface area (Å²) in [6.07, 6.45) is 1.80. The number of amides is 1. The first kappa shape index (κ1) is 15.6. The summed E-state index contributed by atoms with van der Waals surface area (Å²) in [5, 5.41) is 0. The molecule has 5 heteroatoms. The molecule has 1 atom stereocenters. The molecule has 0 N–H and O–H groups in total. The van der Waals surface area contributed by atoms with E-state index in [4.69, 9.17) is 4.74 Å². The molecule has 1 unspecified atom stereocenters. The second-order valence-corrected chi connectivity index (χ2v) is 6.50. The standard InChI is InChI=1S/C15H18BrNO2S/c1-2-9-20-11-15(18)17-7-8-19-14(10-17)12-3-5-13(16)6-4-12/h2-6,14H,1,7-11H2. The number of rotatable bonds is 5. The molecule has 1 heterocycles. The van der Waals surface area contributed by atoms with Gasteiger partial charge in [-0.15, -0.1) is 18.3 Å². The number of benzene rings is 1. The molecule has 0 bridgehead atoms. The lowest BCUT2D eigenvalue weighted by atomic mass is 10.1. The molecule has 3 nitrogen and oxygen atoms in total. The molecule has 1 amide bonds. The van der Waals surface area contributed by atoms with Crippen LogP contribution in [0, 0.1) is 0 Å². The van der Waals surface area contributed by atoms with E-state index in [0.29, 0.717) is 25.4 Å². The van der Waals surface area contributed by atoms with Crippen LogP contribution < -0.4 is 0 Å². The molecule has 0 radical (unpaired) electrons. The van der Waals surface area contributed by atoms with Crippen LogP contribution in [0.2, 0.25) is 0 Å². The van der Waals surface area contributed by atoms with Crippen LogP contribution in [0.4, 0.5) is 0 Å². The molecule has 20 heavy (non-hydrogen) atoms. The summed E-state index contributed by atoms with van der Waals surface area (Å²) in [6, 6.07) is 8.07. The zero-order valence-electron chi connectivity index (χ0n) is 11.3. The fourth-order valence-corrected chi connectivity index (χ4v) is 2.98. The Bertz CT molecular complexity index is 463. The molecule has 1 aliphatic rings. The fraction of sp³-hybridized carbons (Fsp3) is 0.400. The number of carbonyl (C=O) groups excluding carboxylic acids is 1. The molecule has 1 aromatic carbocycles. The number of ether oxygens (including phenoxy) is 1. The topological polar surface area (TPSA) is 29.5 Å². The molecular weight excluding hydrogens is 338 g/mol. The van der Waals surface area contributed by atoms with E-state index in [1.165, 1.54) is 0 Å². The van der Waals surface area contributed by atoms with Gasteiger partial charge in [0.15, 0.2) is 0 Å². The van der Waals surface area contributed by atoms with E-state index < -0.39 is 0 Å². The summed E-state index contributed by atoms with van der Waals surface area (Å²) in [7, 11) is 0. The zero-order valence-corrected chi connectivity index (χ0v) is 13.7. The van der Waals surface area contributed by atoms with Crippen molar-refractivity contribution in [1.29, 1.82) is 0 Å². The average Bonchev–Trinajstić information content (AvgIpc) is 2.48. The summed E-state index contributed by atoms with van der Waals surface area (Å²) >= 11 is 5.02. The molecule has 0 saturated carbocycles. The van der Waals surface area contributed by atoms with Crippen molar-refractivity contribution >= 4 is 33.6 Å². The van der Waals surface area contributed by atoms with Gasteiger partial charge < -0.3 is 9.64 Å². The molecule has 0 aromatic heterocycles. The monoisotopic (exact) mass is 355 g/mol. The minimum Gasteiger partial charge on any atom is -0.370 e. The number of carbonyl (C=O) groups is 1. The Morgan fingerprint density at radius 3 is 2.95 bits per heavy atom. The summed E-state index contributed by atoms with van der Waals surface area (Å²) in [5.74, 6) is 1.51. The number of thioether (sulfide) groups is 1. The summed E-state index contributed by atoms with van der Waals surface area (Å²) < 4.78 is 6.82. The molecule has 1 fully saturated rings. The largest absolute Gasteiger partial charge is 0.370 e. The minimum atomic E-state index is -0.0230. The van der Waals surface area contributed by atoms with Gasteiger partial charge in [-0.05, 0) is 17.7 Å². The van der Waals surface area contributed by atoms with Crippen LogP contribution in [0.3, 0.4) is 0 Å². The average molecular weight is 356 g/mol. The number of nitrogens with zero attached hydrogens (tertiary/aromatic N) is 1. The maximum atomic E-state index is 12.1. The van der Waals surface area contributed by atoms with Crippen LogP contribution in [0.15, 0.2) is 41.4 Å². The van der Waals surface area contributed by atoms with E-state index >= 15 is 0 Å². The number of hydrogen-bond donors (Lipinski definition) is 0. The zero-order chi connectivity index (χ0) is 14.4. The van der Waals surface area contributed by atoms with E-state index in [1.54, 1.807) is 11.8 Å². The third kappa shape index (κ3) is 4.36. The summed E-state index contributed by atoms with van der Waals surface area (Å²) in [6.45, 7) is 5.57. The van der Waals surface area contributed by atoms with Gasteiger partial charge in [-0.3, -0.25) is 4.79 Å². The smallest absolute Gasteiger partial charge is 0.232 e. The van der Waals surface area contributed by atoms with Gasteiger partial charge in [0, 0.05) is 16.8 Å². The molecule has 0 aliphatic carbocycles. The Morgan fingerprint density at radius 2 is 2.25 bits per heavy atom. The molecule has 0 spiro atoms. The van der Waals surface area contributed by atoms with Crippen molar-refractivity contribution in [3.8, 4) is 0 Å². The SMILES string of the molecule is C=CCSCC(=O)N1CCOC(c2ccc(Br)cc2)C1. The van der Waals surface area contributed by atoms with Crippen LogP contribution >= 0.6 is 27.7 Å². The maximum absolute atomic E-state index is 12.1. The van der Waals surface area contributed by atoms with Gasteiger partial charge >= 0.3 is 0 Å². The van der Waals surface area contributed by atoms with Gasteiger partial charge in [0.25, 0.3) is 0 Å². The van der Waals surface area contributed by atoms with Crippen LogP contribution in [-0.2, 0) is 9.53 Å². The van der Waals surface area contributed by atoms with Gasteiger partial charge in [-0.2, -0.15) is 0 Å². The summed E-state index contributed by atoms with van der Waals surface area (Å²) in [5.41, 5.74) is 1.12. The first-order valence-corrected chi connectivity index (χ1v) is 8.49. The lowest BCUT2D eigenvalue weighted by Crippen LogP contribution is -2.43. The number of halogens is 1. The van der Waals surface area contributed by atoms with Crippen LogP contribution in [0.5, 0.6) is 0 Å². The molecule has 1 aliphatic heterocycles. The Labute approximate surface area is 132 Å². The van der Waals surface area contributed by atoms with E-state index in [-0.39, 0.29) is 12.0 Å². The summed E-state index contributed by atoms with van der Waals surface area (Å²) in [4.78, 5) is 14.0. The third-order valence-corrected chi connectivity index (χ3v) is 4.57. The van der Waals surface area contributed by atoms with Crippen molar-refractivity contribution in [1.82, 2.24) is 4.90 Å². The minimum absolute atomic E-state index is 0.0230. The Morgan fingerprint density at radius 1 is 1.50 bits per heavy atom. The first-order valence-electron chi connectivity index (χ1n) is 6.54. The van der Waals surface area contributed by atoms with E-state index in [9.17, 15) is 4.79 Å². The highest BCUT2D eigenvalue weighted by Gasteiger charge is 2.24. The second kappa shape index (κ2) is 7.86. The molecule has 108 valence electrons. The Kier molecular flexibility index (Phi) is 6.13. The van der Waals surface area contributed by atoms with Crippen molar-refractivity contribution in [2.24, 2.45) is 0 Å². The highest BCUT2D eigenvalue weighted by atomic mass is 79.9.